The Labute approximate surface area is 207 Å². The van der Waals surface area contributed by atoms with E-state index in [1.807, 2.05) is 0 Å². The van der Waals surface area contributed by atoms with Crippen molar-refractivity contribution in [3.8, 4) is 0 Å². The first-order valence-electron chi connectivity index (χ1n) is 14.6. The van der Waals surface area contributed by atoms with Crippen molar-refractivity contribution in [1.82, 2.24) is 0 Å². The standard InChI is InChI=1S/C29H58O2S/c30-29(31)27-25-23-21-19-17-15-13-11-9-7-5-3-1-2-4-6-8-10-12-14-16-18-20-22-24-26-28-32/h32H,1-28H2,(H,30,31). The lowest BCUT2D eigenvalue weighted by atomic mass is 10.0. The topological polar surface area (TPSA) is 37.3 Å². The van der Waals surface area contributed by atoms with E-state index in [9.17, 15) is 4.79 Å². The van der Waals surface area contributed by atoms with Gasteiger partial charge >= 0.3 is 5.97 Å². The van der Waals surface area contributed by atoms with Crippen LogP contribution in [0.5, 0.6) is 0 Å². The van der Waals surface area contributed by atoms with Crippen molar-refractivity contribution in [3.63, 3.8) is 0 Å². The Balaban J connectivity index is 3.00. The van der Waals surface area contributed by atoms with Crippen LogP contribution in [-0.2, 0) is 4.79 Å². The molecule has 0 aromatic heterocycles. The summed E-state index contributed by atoms with van der Waals surface area (Å²) in [5.74, 6) is 0.408. The van der Waals surface area contributed by atoms with Gasteiger partial charge in [0.05, 0.1) is 0 Å². The Kier molecular flexibility index (Phi) is 28.7. The lowest BCUT2D eigenvalue weighted by molar-refractivity contribution is -0.137. The minimum Gasteiger partial charge on any atom is -0.481 e. The van der Waals surface area contributed by atoms with Crippen LogP contribution in [0.3, 0.4) is 0 Å². The Morgan fingerprint density at radius 1 is 0.375 bits per heavy atom. The lowest BCUT2D eigenvalue weighted by Gasteiger charge is -2.04. The molecule has 0 saturated carbocycles. The zero-order valence-corrected chi connectivity index (χ0v) is 22.5. The van der Waals surface area contributed by atoms with Crippen LogP contribution in [-0.4, -0.2) is 16.8 Å². The summed E-state index contributed by atoms with van der Waals surface area (Å²) in [5.41, 5.74) is 0. The van der Waals surface area contributed by atoms with Crippen LogP contribution < -0.4 is 0 Å². The molecule has 0 aromatic rings. The molecule has 0 aliphatic rings. The number of carbonyl (C=O) groups is 1. The highest BCUT2D eigenvalue weighted by molar-refractivity contribution is 7.80. The third kappa shape index (κ3) is 29.8. The van der Waals surface area contributed by atoms with Gasteiger partial charge in [0.25, 0.3) is 0 Å². The average molecular weight is 471 g/mol. The maximum atomic E-state index is 10.4. The summed E-state index contributed by atoms with van der Waals surface area (Å²) in [5, 5.41) is 8.60. The van der Waals surface area contributed by atoms with Crippen molar-refractivity contribution >= 4 is 18.6 Å². The third-order valence-corrected chi connectivity index (χ3v) is 7.11. The summed E-state index contributed by atoms with van der Waals surface area (Å²) >= 11 is 4.27. The molecule has 1 N–H and O–H groups in total. The quantitative estimate of drug-likeness (QED) is 0.0881. The number of carboxylic acid groups (broad SMARTS) is 1. The molecular weight excluding hydrogens is 412 g/mol. The van der Waals surface area contributed by atoms with Gasteiger partial charge in [0.1, 0.15) is 0 Å². The number of carboxylic acids is 1. The van der Waals surface area contributed by atoms with E-state index in [0.717, 1.165) is 18.6 Å². The largest absolute Gasteiger partial charge is 0.481 e. The fourth-order valence-electron chi connectivity index (χ4n) is 4.63. The van der Waals surface area contributed by atoms with E-state index in [4.69, 9.17) is 5.11 Å². The molecule has 0 fully saturated rings. The van der Waals surface area contributed by atoms with Gasteiger partial charge in [-0.15, -0.1) is 0 Å². The third-order valence-electron chi connectivity index (χ3n) is 6.80. The summed E-state index contributed by atoms with van der Waals surface area (Å²) in [7, 11) is 0. The number of hydrogen-bond acceptors (Lipinski definition) is 2. The van der Waals surface area contributed by atoms with Crippen molar-refractivity contribution in [2.75, 3.05) is 5.75 Å². The Morgan fingerprint density at radius 2 is 0.562 bits per heavy atom. The second-order valence-electron chi connectivity index (χ2n) is 10.1. The van der Waals surface area contributed by atoms with Gasteiger partial charge in [-0.1, -0.05) is 154 Å². The molecule has 32 heavy (non-hydrogen) atoms. The summed E-state index contributed by atoms with van der Waals surface area (Å²) < 4.78 is 0. The molecule has 0 rings (SSSR count). The minimum atomic E-state index is -0.650. The van der Waals surface area contributed by atoms with Crippen molar-refractivity contribution in [3.05, 3.63) is 0 Å². The van der Waals surface area contributed by atoms with Gasteiger partial charge in [-0.05, 0) is 18.6 Å². The molecule has 0 atom stereocenters. The van der Waals surface area contributed by atoms with Gasteiger partial charge < -0.3 is 5.11 Å². The molecule has 0 radical (unpaired) electrons. The summed E-state index contributed by atoms with van der Waals surface area (Å²) in [6, 6.07) is 0. The first-order valence-corrected chi connectivity index (χ1v) is 15.2. The first-order chi connectivity index (χ1) is 15.8. The molecular formula is C29H58O2S. The predicted molar refractivity (Wildman–Crippen MR) is 146 cm³/mol. The molecule has 0 spiro atoms. The molecule has 2 nitrogen and oxygen atoms in total. The van der Waals surface area contributed by atoms with Crippen molar-refractivity contribution in [2.45, 2.75) is 173 Å². The van der Waals surface area contributed by atoms with Gasteiger partial charge in [-0.2, -0.15) is 12.6 Å². The maximum Gasteiger partial charge on any atom is 0.303 e. The van der Waals surface area contributed by atoms with Crippen LogP contribution >= 0.6 is 12.6 Å². The van der Waals surface area contributed by atoms with E-state index < -0.39 is 5.97 Å². The molecule has 0 aromatic carbocycles. The highest BCUT2D eigenvalue weighted by Crippen LogP contribution is 2.16. The monoisotopic (exact) mass is 470 g/mol. The molecule has 192 valence electrons. The van der Waals surface area contributed by atoms with Crippen molar-refractivity contribution in [1.29, 1.82) is 0 Å². The molecule has 0 bridgehead atoms. The van der Waals surface area contributed by atoms with E-state index in [1.54, 1.807) is 0 Å². The van der Waals surface area contributed by atoms with E-state index in [0.29, 0.717) is 6.42 Å². The van der Waals surface area contributed by atoms with E-state index in [2.05, 4.69) is 12.6 Å². The Hall–Kier alpha value is -0.180. The van der Waals surface area contributed by atoms with Crippen LogP contribution in [0.25, 0.3) is 0 Å². The zero-order valence-electron chi connectivity index (χ0n) is 21.6. The van der Waals surface area contributed by atoms with Gasteiger partial charge in [0.2, 0.25) is 0 Å². The number of aliphatic carboxylic acids is 1. The molecule has 0 heterocycles. The first kappa shape index (κ1) is 31.8. The average Bonchev–Trinajstić information content (AvgIpc) is 2.78. The van der Waals surface area contributed by atoms with Gasteiger partial charge in [-0.3, -0.25) is 4.79 Å². The molecule has 0 saturated heterocycles. The van der Waals surface area contributed by atoms with Crippen LogP contribution in [0.15, 0.2) is 0 Å². The highest BCUT2D eigenvalue weighted by atomic mass is 32.1. The lowest BCUT2D eigenvalue weighted by Crippen LogP contribution is -1.93. The normalized spacial score (nSPS) is 11.3. The summed E-state index contributed by atoms with van der Waals surface area (Å²) in [4.78, 5) is 10.4. The number of rotatable bonds is 28. The number of thiol groups is 1. The van der Waals surface area contributed by atoms with Crippen LogP contribution in [0.4, 0.5) is 0 Å². The molecule has 0 unspecified atom stereocenters. The molecule has 0 aliphatic heterocycles. The van der Waals surface area contributed by atoms with Crippen LogP contribution in [0.1, 0.15) is 173 Å². The van der Waals surface area contributed by atoms with Gasteiger partial charge in [-0.25, -0.2) is 0 Å². The predicted octanol–water partition coefficient (Wildman–Crippen LogP) is 10.5. The fourth-order valence-corrected chi connectivity index (χ4v) is 4.85. The SMILES string of the molecule is O=C(O)CCCCCCCCCCCCCCCCCCCCCCCCCCCCS. The van der Waals surface area contributed by atoms with Gasteiger partial charge in [0.15, 0.2) is 0 Å². The van der Waals surface area contributed by atoms with E-state index >= 15 is 0 Å². The summed E-state index contributed by atoms with van der Waals surface area (Å²) in [6.07, 6.45) is 36.2. The zero-order chi connectivity index (χ0) is 23.4. The summed E-state index contributed by atoms with van der Waals surface area (Å²) in [6.45, 7) is 0. The molecule has 3 heteroatoms. The minimum absolute atomic E-state index is 0.345. The fraction of sp³-hybridized carbons (Fsp3) is 0.966. The van der Waals surface area contributed by atoms with Crippen LogP contribution in [0.2, 0.25) is 0 Å². The number of hydrogen-bond donors (Lipinski definition) is 2. The maximum absolute atomic E-state index is 10.4. The van der Waals surface area contributed by atoms with Crippen LogP contribution in [0, 0.1) is 0 Å². The smallest absolute Gasteiger partial charge is 0.303 e. The van der Waals surface area contributed by atoms with E-state index in [1.165, 1.54) is 154 Å². The molecule has 0 aliphatic carbocycles. The second kappa shape index (κ2) is 28.9. The van der Waals surface area contributed by atoms with Gasteiger partial charge in [0, 0.05) is 6.42 Å². The number of unbranched alkanes of at least 4 members (excludes halogenated alkanes) is 25. The molecule has 0 amide bonds. The second-order valence-corrected chi connectivity index (χ2v) is 10.5. The van der Waals surface area contributed by atoms with E-state index in [-0.39, 0.29) is 0 Å². The highest BCUT2D eigenvalue weighted by Gasteiger charge is 1.98. The van der Waals surface area contributed by atoms with Crippen molar-refractivity contribution < 1.29 is 9.90 Å². The van der Waals surface area contributed by atoms with Crippen molar-refractivity contribution in [2.24, 2.45) is 0 Å². The Morgan fingerprint density at radius 3 is 0.750 bits per heavy atom. The Bertz CT molecular complexity index is 359.